The molecule has 12 heteroatoms. The van der Waals surface area contributed by atoms with Gasteiger partial charge in [0.25, 0.3) is 17.6 Å². The third-order valence-electron chi connectivity index (χ3n) is 5.68. The maximum absolute atomic E-state index is 13.8. The summed E-state index contributed by atoms with van der Waals surface area (Å²) in [5.41, 5.74) is 1.73. The second-order valence-corrected chi connectivity index (χ2v) is 9.32. The number of nitrogens with zero attached hydrogens (tertiary/aromatic N) is 2. The second kappa shape index (κ2) is 12.0. The molecule has 0 aliphatic carbocycles. The van der Waals surface area contributed by atoms with Crippen LogP contribution in [0.3, 0.4) is 0 Å². The highest BCUT2D eigenvalue weighted by Crippen LogP contribution is 2.28. The first-order chi connectivity index (χ1) is 18.8. The first kappa shape index (κ1) is 27.1. The number of aliphatic imine (C=N–C) groups is 1. The normalized spacial score (nSPS) is 15.3. The van der Waals surface area contributed by atoms with Crippen LogP contribution in [0.4, 0.5) is 5.69 Å². The number of benzene rings is 2. The minimum atomic E-state index is -1.57. The minimum Gasteiger partial charge on any atom is -0.481 e. The maximum Gasteiger partial charge on any atom is 0.305 e. The van der Waals surface area contributed by atoms with E-state index in [0.29, 0.717) is 28.8 Å². The Morgan fingerprint density at radius 2 is 1.74 bits per heavy atom. The Balaban J connectivity index is 1.72. The number of anilines is 1. The first-order valence-electron chi connectivity index (χ1n) is 11.7. The monoisotopic (exact) mass is 546 g/mol. The van der Waals surface area contributed by atoms with Gasteiger partial charge in [-0.1, -0.05) is 54.6 Å². The van der Waals surface area contributed by atoms with E-state index >= 15 is 0 Å². The third kappa shape index (κ3) is 6.30. The van der Waals surface area contributed by atoms with Crippen molar-refractivity contribution in [1.82, 2.24) is 10.6 Å². The number of Topliss-reactive ketones (excluding diaryl/α,β-unsaturated/α-hetero) is 1. The summed E-state index contributed by atoms with van der Waals surface area (Å²) in [6, 6.07) is 17.3. The van der Waals surface area contributed by atoms with Crippen LogP contribution in [0.2, 0.25) is 0 Å². The van der Waals surface area contributed by atoms with Crippen LogP contribution in [0.5, 0.6) is 0 Å². The Bertz CT molecular complexity index is 1450. The molecule has 3 amide bonds. The number of hydrogen-bond donors (Lipinski definition) is 3. The molecular weight excluding hydrogens is 524 g/mol. The molecule has 0 radical (unpaired) electrons. The lowest BCUT2D eigenvalue weighted by atomic mass is 10.0. The number of hydrogen-bond acceptors (Lipinski definition) is 8. The summed E-state index contributed by atoms with van der Waals surface area (Å²) in [5.74, 6) is -4.80. The molecule has 2 unspecified atom stereocenters. The van der Waals surface area contributed by atoms with Gasteiger partial charge in [0.05, 0.1) is 28.7 Å². The van der Waals surface area contributed by atoms with Crippen LogP contribution >= 0.6 is 11.3 Å². The molecule has 2 aromatic carbocycles. The maximum atomic E-state index is 13.8. The van der Waals surface area contributed by atoms with Gasteiger partial charge in [-0.2, -0.15) is 0 Å². The Labute approximate surface area is 226 Å². The number of carboxylic acid groups (broad SMARTS) is 1. The van der Waals surface area contributed by atoms with Gasteiger partial charge in [-0.3, -0.25) is 28.9 Å². The minimum absolute atomic E-state index is 0.179. The van der Waals surface area contributed by atoms with Gasteiger partial charge in [-0.15, -0.1) is 11.3 Å². The van der Waals surface area contributed by atoms with E-state index in [4.69, 9.17) is 5.11 Å². The van der Waals surface area contributed by atoms with Crippen LogP contribution in [-0.4, -0.2) is 65.3 Å². The van der Waals surface area contributed by atoms with Crippen molar-refractivity contribution >= 4 is 58.5 Å². The van der Waals surface area contributed by atoms with Gasteiger partial charge in [0.1, 0.15) is 12.8 Å². The topological polar surface area (TPSA) is 162 Å². The van der Waals surface area contributed by atoms with Crippen LogP contribution in [-0.2, 0) is 24.0 Å². The molecule has 2 atom stereocenters. The Morgan fingerprint density at radius 3 is 2.41 bits per heavy atom. The van der Waals surface area contributed by atoms with Gasteiger partial charge >= 0.3 is 5.97 Å². The molecule has 0 spiro atoms. The Morgan fingerprint density at radius 1 is 1.03 bits per heavy atom. The van der Waals surface area contributed by atoms with Gasteiger partial charge in [0.2, 0.25) is 12.1 Å². The van der Waals surface area contributed by atoms with Crippen LogP contribution in [0.1, 0.15) is 27.2 Å². The Hall–Kier alpha value is -4.97. The molecule has 198 valence electrons. The van der Waals surface area contributed by atoms with Crippen molar-refractivity contribution in [3.8, 4) is 0 Å². The highest BCUT2D eigenvalue weighted by Gasteiger charge is 2.35. The van der Waals surface area contributed by atoms with E-state index < -0.39 is 54.6 Å². The van der Waals surface area contributed by atoms with Crippen LogP contribution in [0, 0.1) is 0 Å². The number of aliphatic carboxylic acids is 1. The smallest absolute Gasteiger partial charge is 0.305 e. The standard InChI is InChI=1S/C27H22N4O7S/c32-15-17(13-22(34)35)28-21(33)14-31-19-10-5-4-9-18(19)23(16-7-2-1-3-8-16)29-25(27(31)38)30-26(37)24(36)20-11-6-12-39-20/h1-12,15,17,25H,13-14H2,(H,28,33)(H,30,37)(H,34,35). The number of carboxylic acids is 1. The predicted molar refractivity (Wildman–Crippen MR) is 142 cm³/mol. The van der Waals surface area contributed by atoms with Gasteiger partial charge in [-0.25, -0.2) is 4.99 Å². The molecule has 1 aliphatic rings. The molecule has 1 aromatic heterocycles. The highest BCUT2D eigenvalue weighted by molar-refractivity contribution is 7.13. The summed E-state index contributed by atoms with van der Waals surface area (Å²) in [6.07, 6.45) is -1.91. The molecule has 0 saturated heterocycles. The van der Waals surface area contributed by atoms with E-state index in [1.54, 1.807) is 66.0 Å². The van der Waals surface area contributed by atoms with Crippen molar-refractivity contribution in [3.05, 3.63) is 88.1 Å². The first-order valence-corrected chi connectivity index (χ1v) is 12.6. The molecule has 2 heterocycles. The van der Waals surface area contributed by atoms with E-state index in [1.807, 2.05) is 0 Å². The molecule has 11 nitrogen and oxygen atoms in total. The fourth-order valence-electron chi connectivity index (χ4n) is 3.94. The summed E-state index contributed by atoms with van der Waals surface area (Å²) in [7, 11) is 0. The van der Waals surface area contributed by atoms with E-state index in [2.05, 4.69) is 15.6 Å². The largest absolute Gasteiger partial charge is 0.481 e. The summed E-state index contributed by atoms with van der Waals surface area (Å²) in [5, 5.41) is 15.3. The van der Waals surface area contributed by atoms with Crippen molar-refractivity contribution in [3.63, 3.8) is 0 Å². The molecule has 0 fully saturated rings. The van der Waals surface area contributed by atoms with Gasteiger partial charge < -0.3 is 20.5 Å². The van der Waals surface area contributed by atoms with Gasteiger partial charge in [-0.05, 0) is 17.5 Å². The number of benzodiazepines with no additional fused rings is 1. The molecule has 0 saturated carbocycles. The number of nitrogens with one attached hydrogen (secondary N) is 2. The van der Waals surface area contributed by atoms with Crippen LogP contribution in [0.25, 0.3) is 0 Å². The number of carbonyl (C=O) groups excluding carboxylic acids is 5. The number of fused-ring (bicyclic) bond motifs is 1. The van der Waals surface area contributed by atoms with Crippen LogP contribution in [0.15, 0.2) is 77.1 Å². The molecule has 0 bridgehead atoms. The molecule has 3 aromatic rings. The molecule has 1 aliphatic heterocycles. The fourth-order valence-corrected chi connectivity index (χ4v) is 4.60. The number of thiophene rings is 1. The van der Waals surface area contributed by atoms with Crippen LogP contribution < -0.4 is 15.5 Å². The zero-order chi connectivity index (χ0) is 27.9. The zero-order valence-corrected chi connectivity index (χ0v) is 21.1. The average molecular weight is 547 g/mol. The van der Waals surface area contributed by atoms with Crippen molar-refractivity contribution in [1.29, 1.82) is 0 Å². The number of aldehydes is 1. The number of ketones is 1. The molecule has 3 N–H and O–H groups in total. The third-order valence-corrected chi connectivity index (χ3v) is 6.55. The fraction of sp³-hybridized carbons (Fsp3) is 0.148. The van der Waals surface area contributed by atoms with Gasteiger partial charge in [0, 0.05) is 11.1 Å². The number of para-hydroxylation sites is 1. The van der Waals surface area contributed by atoms with Crippen molar-refractivity contribution in [2.24, 2.45) is 4.99 Å². The average Bonchev–Trinajstić information content (AvgIpc) is 3.45. The zero-order valence-electron chi connectivity index (χ0n) is 20.3. The SMILES string of the molecule is O=CC(CC(=O)O)NC(=O)CN1C(=O)C(NC(=O)C(=O)c2cccs2)N=C(c2ccccc2)c2ccccc21. The number of carbonyl (C=O) groups is 6. The quantitative estimate of drug-likeness (QED) is 0.197. The molecule has 4 rings (SSSR count). The lowest BCUT2D eigenvalue weighted by molar-refractivity contribution is -0.138. The van der Waals surface area contributed by atoms with E-state index in [1.165, 1.54) is 6.07 Å². The summed E-state index contributed by atoms with van der Waals surface area (Å²) in [4.78, 5) is 80.1. The highest BCUT2D eigenvalue weighted by atomic mass is 32.1. The van der Waals surface area contributed by atoms with E-state index in [-0.39, 0.29) is 4.88 Å². The molecule has 39 heavy (non-hydrogen) atoms. The predicted octanol–water partition coefficient (Wildman–Crippen LogP) is 1.42. The van der Waals surface area contributed by atoms with Gasteiger partial charge in [0.15, 0.2) is 0 Å². The van der Waals surface area contributed by atoms with E-state index in [9.17, 15) is 28.8 Å². The number of rotatable bonds is 10. The second-order valence-electron chi connectivity index (χ2n) is 8.38. The van der Waals surface area contributed by atoms with Crippen molar-refractivity contribution in [2.45, 2.75) is 18.6 Å². The van der Waals surface area contributed by atoms with Crippen molar-refractivity contribution in [2.75, 3.05) is 11.4 Å². The Kier molecular flexibility index (Phi) is 8.37. The summed E-state index contributed by atoms with van der Waals surface area (Å²) >= 11 is 1.07. The lowest BCUT2D eigenvalue weighted by Gasteiger charge is -2.25. The summed E-state index contributed by atoms with van der Waals surface area (Å²) in [6.45, 7) is -0.608. The van der Waals surface area contributed by atoms with Crippen molar-refractivity contribution < 1.29 is 33.9 Å². The van der Waals surface area contributed by atoms with E-state index in [0.717, 1.165) is 16.2 Å². The number of amides is 3. The summed E-state index contributed by atoms with van der Waals surface area (Å²) < 4.78 is 0. The lowest BCUT2D eigenvalue weighted by Crippen LogP contribution is -2.52. The molecular formula is C27H22N4O7S.